The third kappa shape index (κ3) is 1.78. The topological polar surface area (TPSA) is 55.1 Å². The monoisotopic (exact) mass is 218 g/mol. The first kappa shape index (κ1) is 10.7. The highest BCUT2D eigenvalue weighted by molar-refractivity contribution is 6.01. The van der Waals surface area contributed by atoms with Crippen molar-refractivity contribution in [3.05, 3.63) is 30.0 Å². The van der Waals surface area contributed by atoms with Crippen molar-refractivity contribution in [3.8, 4) is 0 Å². The molecule has 0 amide bonds. The molecule has 1 heterocycles. The maximum atomic E-state index is 11.0. The Kier molecular flexibility index (Phi) is 2.64. The van der Waals surface area contributed by atoms with Crippen molar-refractivity contribution in [1.29, 1.82) is 0 Å². The van der Waals surface area contributed by atoms with Crippen molar-refractivity contribution in [2.45, 2.75) is 20.4 Å². The Morgan fingerprint density at radius 2 is 2.12 bits per heavy atom. The van der Waals surface area contributed by atoms with Crippen LogP contribution in [0.1, 0.15) is 24.3 Å². The van der Waals surface area contributed by atoms with Crippen molar-refractivity contribution in [2.24, 2.45) is 5.92 Å². The van der Waals surface area contributed by atoms with Crippen LogP contribution in [0.25, 0.3) is 10.9 Å². The Morgan fingerprint density at radius 3 is 2.75 bits per heavy atom. The van der Waals surface area contributed by atoms with Gasteiger partial charge in [0, 0.05) is 11.9 Å². The largest absolute Gasteiger partial charge is 0.476 e. The molecule has 2 rings (SSSR count). The summed E-state index contributed by atoms with van der Waals surface area (Å²) in [4.78, 5) is 11.0. The van der Waals surface area contributed by atoms with Crippen molar-refractivity contribution >= 4 is 16.9 Å². The second kappa shape index (κ2) is 3.96. The summed E-state index contributed by atoms with van der Waals surface area (Å²) < 4.78 is 1.77. The quantitative estimate of drug-likeness (QED) is 0.860. The first-order chi connectivity index (χ1) is 7.59. The number of nitrogens with zero attached hydrogens (tertiary/aromatic N) is 2. The van der Waals surface area contributed by atoms with Crippen molar-refractivity contribution in [2.75, 3.05) is 0 Å². The van der Waals surface area contributed by atoms with Crippen LogP contribution in [-0.2, 0) is 6.54 Å². The van der Waals surface area contributed by atoms with Crippen LogP contribution in [0.2, 0.25) is 0 Å². The maximum Gasteiger partial charge on any atom is 0.357 e. The number of hydrogen-bond acceptors (Lipinski definition) is 2. The molecule has 0 aliphatic rings. The summed E-state index contributed by atoms with van der Waals surface area (Å²) in [5, 5.41) is 13.9. The molecule has 4 nitrogen and oxygen atoms in total. The number of rotatable bonds is 3. The van der Waals surface area contributed by atoms with E-state index in [0.717, 1.165) is 12.1 Å². The van der Waals surface area contributed by atoms with E-state index in [9.17, 15) is 4.79 Å². The van der Waals surface area contributed by atoms with E-state index >= 15 is 0 Å². The van der Waals surface area contributed by atoms with Gasteiger partial charge in [-0.2, -0.15) is 5.10 Å². The molecule has 0 atom stereocenters. The van der Waals surface area contributed by atoms with Gasteiger partial charge in [0.25, 0.3) is 0 Å². The lowest BCUT2D eigenvalue weighted by Crippen LogP contribution is -2.07. The fraction of sp³-hybridized carbons (Fsp3) is 0.333. The predicted octanol–water partition coefficient (Wildman–Crippen LogP) is 2.39. The minimum atomic E-state index is -0.973. The fourth-order valence-electron chi connectivity index (χ4n) is 1.77. The molecule has 84 valence electrons. The smallest absolute Gasteiger partial charge is 0.357 e. The summed E-state index contributed by atoms with van der Waals surface area (Å²) in [6, 6.07) is 7.42. The van der Waals surface area contributed by atoms with Crippen LogP contribution in [0, 0.1) is 5.92 Å². The molecule has 0 fully saturated rings. The molecule has 0 bridgehead atoms. The molecule has 1 aromatic heterocycles. The summed E-state index contributed by atoms with van der Waals surface area (Å²) in [7, 11) is 0. The first-order valence-corrected chi connectivity index (χ1v) is 5.28. The van der Waals surface area contributed by atoms with Gasteiger partial charge in [-0.15, -0.1) is 0 Å². The van der Waals surface area contributed by atoms with E-state index in [4.69, 9.17) is 5.11 Å². The van der Waals surface area contributed by atoms with E-state index in [-0.39, 0.29) is 5.69 Å². The summed E-state index contributed by atoms with van der Waals surface area (Å²) >= 11 is 0. The van der Waals surface area contributed by atoms with Crippen LogP contribution in [0.4, 0.5) is 0 Å². The molecule has 0 radical (unpaired) electrons. The molecule has 0 aliphatic carbocycles. The molecule has 4 heteroatoms. The van der Waals surface area contributed by atoms with Crippen molar-refractivity contribution < 1.29 is 9.90 Å². The number of hydrogen-bond donors (Lipinski definition) is 1. The molecule has 2 aromatic rings. The maximum absolute atomic E-state index is 11.0. The van der Waals surface area contributed by atoms with Crippen LogP contribution < -0.4 is 0 Å². The second-order valence-corrected chi connectivity index (χ2v) is 4.25. The highest BCUT2D eigenvalue weighted by Crippen LogP contribution is 2.19. The third-order valence-electron chi connectivity index (χ3n) is 2.40. The summed E-state index contributed by atoms with van der Waals surface area (Å²) in [5.41, 5.74) is 1.02. The molecular formula is C12H14N2O2. The highest BCUT2D eigenvalue weighted by Gasteiger charge is 2.15. The zero-order valence-electron chi connectivity index (χ0n) is 9.34. The normalized spacial score (nSPS) is 11.2. The van der Waals surface area contributed by atoms with Gasteiger partial charge in [-0.05, 0) is 12.0 Å². The van der Waals surface area contributed by atoms with Gasteiger partial charge in [0.05, 0.1) is 5.52 Å². The zero-order chi connectivity index (χ0) is 11.7. The summed E-state index contributed by atoms with van der Waals surface area (Å²) in [5.74, 6) is -0.538. The lowest BCUT2D eigenvalue weighted by Gasteiger charge is -2.05. The van der Waals surface area contributed by atoms with Gasteiger partial charge in [0.1, 0.15) is 0 Å². The van der Waals surface area contributed by atoms with Gasteiger partial charge in [0.2, 0.25) is 0 Å². The van der Waals surface area contributed by atoms with E-state index in [1.165, 1.54) is 0 Å². The Labute approximate surface area is 93.5 Å². The number of para-hydroxylation sites is 1. The average Bonchev–Trinajstić information content (AvgIpc) is 2.57. The van der Waals surface area contributed by atoms with E-state index < -0.39 is 5.97 Å². The SMILES string of the molecule is CC(C)Cn1nc(C(=O)O)c2ccccc21. The summed E-state index contributed by atoms with van der Waals surface area (Å²) in [6.45, 7) is 4.89. The lowest BCUT2D eigenvalue weighted by molar-refractivity contribution is 0.0691. The molecule has 1 aromatic carbocycles. The molecule has 0 aliphatic heterocycles. The number of fused-ring (bicyclic) bond motifs is 1. The minimum Gasteiger partial charge on any atom is -0.476 e. The molecule has 0 saturated heterocycles. The fourth-order valence-corrected chi connectivity index (χ4v) is 1.77. The third-order valence-corrected chi connectivity index (χ3v) is 2.40. The molecule has 16 heavy (non-hydrogen) atoms. The molecule has 0 unspecified atom stereocenters. The van der Waals surface area contributed by atoms with Crippen LogP contribution in [0.15, 0.2) is 24.3 Å². The number of aromatic nitrogens is 2. The Morgan fingerprint density at radius 1 is 1.44 bits per heavy atom. The van der Waals surface area contributed by atoms with Crippen LogP contribution in [0.5, 0.6) is 0 Å². The Balaban J connectivity index is 2.62. The molecule has 0 spiro atoms. The number of aromatic carboxylic acids is 1. The van der Waals surface area contributed by atoms with Gasteiger partial charge >= 0.3 is 5.97 Å². The zero-order valence-corrected chi connectivity index (χ0v) is 9.34. The molecular weight excluding hydrogens is 204 g/mol. The van der Waals surface area contributed by atoms with Crippen LogP contribution in [0.3, 0.4) is 0 Å². The van der Waals surface area contributed by atoms with Gasteiger partial charge in [-0.25, -0.2) is 4.79 Å². The van der Waals surface area contributed by atoms with Gasteiger partial charge in [-0.3, -0.25) is 4.68 Å². The second-order valence-electron chi connectivity index (χ2n) is 4.25. The van der Waals surface area contributed by atoms with Crippen LogP contribution in [-0.4, -0.2) is 20.9 Å². The van der Waals surface area contributed by atoms with E-state index in [2.05, 4.69) is 18.9 Å². The minimum absolute atomic E-state index is 0.135. The first-order valence-electron chi connectivity index (χ1n) is 5.28. The predicted molar refractivity (Wildman–Crippen MR) is 61.5 cm³/mol. The van der Waals surface area contributed by atoms with Crippen LogP contribution >= 0.6 is 0 Å². The lowest BCUT2D eigenvalue weighted by atomic mass is 10.2. The summed E-state index contributed by atoms with van der Waals surface area (Å²) in [6.07, 6.45) is 0. The van der Waals surface area contributed by atoms with E-state index in [1.54, 1.807) is 10.7 Å². The standard InChI is InChI=1S/C12H14N2O2/c1-8(2)7-14-10-6-4-3-5-9(10)11(13-14)12(15)16/h3-6,8H,7H2,1-2H3,(H,15,16). The highest BCUT2D eigenvalue weighted by atomic mass is 16.4. The molecule has 0 saturated carbocycles. The van der Waals surface area contributed by atoms with E-state index in [1.807, 2.05) is 18.2 Å². The number of carboxylic acid groups (broad SMARTS) is 1. The van der Waals surface area contributed by atoms with E-state index in [0.29, 0.717) is 11.3 Å². The number of carboxylic acids is 1. The van der Waals surface area contributed by atoms with Crippen molar-refractivity contribution in [3.63, 3.8) is 0 Å². The number of carbonyl (C=O) groups is 1. The molecule has 1 N–H and O–H groups in total. The van der Waals surface area contributed by atoms with Crippen molar-refractivity contribution in [1.82, 2.24) is 9.78 Å². The van der Waals surface area contributed by atoms with Gasteiger partial charge in [0.15, 0.2) is 5.69 Å². The Hall–Kier alpha value is -1.84. The number of benzene rings is 1. The Bertz CT molecular complexity index is 529. The van der Waals surface area contributed by atoms with Gasteiger partial charge < -0.3 is 5.11 Å². The van der Waals surface area contributed by atoms with Gasteiger partial charge in [-0.1, -0.05) is 32.0 Å². The average molecular weight is 218 g/mol.